The van der Waals surface area contributed by atoms with Crippen LogP contribution in [0.1, 0.15) is 0 Å². The number of hydrogen-bond acceptors (Lipinski definition) is 5. The van der Waals surface area contributed by atoms with E-state index in [1.807, 2.05) is 0 Å². The molecular formula is C6H7IN2O3. The van der Waals surface area contributed by atoms with Gasteiger partial charge in [0, 0.05) is 0 Å². The van der Waals surface area contributed by atoms with E-state index in [0.717, 1.165) is 0 Å². The summed E-state index contributed by atoms with van der Waals surface area (Å²) in [7, 11) is 3.03. The van der Waals surface area contributed by atoms with Crippen molar-refractivity contribution in [2.24, 2.45) is 0 Å². The molecule has 0 amide bonds. The number of hydrogen-bond donors (Lipinski definition) is 0. The van der Waals surface area contributed by atoms with Crippen LogP contribution in [-0.4, -0.2) is 24.2 Å². The average molecular weight is 282 g/mol. The number of nitrogens with zero attached hydrogens (tertiary/aromatic N) is 2. The largest absolute Gasteiger partial charge is 0.481 e. The molecule has 6 heteroatoms. The van der Waals surface area contributed by atoms with Gasteiger partial charge in [0.05, 0.1) is 20.3 Å². The third-order valence-corrected chi connectivity index (χ3v) is 1.54. The zero-order valence-corrected chi connectivity index (χ0v) is 8.73. The molecule has 0 fully saturated rings. The highest BCUT2D eigenvalue weighted by Crippen LogP contribution is 2.19. The Morgan fingerprint density at radius 1 is 1.17 bits per heavy atom. The van der Waals surface area contributed by atoms with Gasteiger partial charge in [-0.15, -0.1) is 0 Å². The van der Waals surface area contributed by atoms with Crippen molar-refractivity contribution in [2.75, 3.05) is 14.2 Å². The molecule has 0 aliphatic heterocycles. The molecule has 66 valence electrons. The van der Waals surface area contributed by atoms with Crippen molar-refractivity contribution in [1.29, 1.82) is 0 Å². The van der Waals surface area contributed by atoms with Gasteiger partial charge >= 0.3 is 6.01 Å². The van der Waals surface area contributed by atoms with Gasteiger partial charge < -0.3 is 12.5 Å². The zero-order chi connectivity index (χ0) is 8.97. The van der Waals surface area contributed by atoms with Gasteiger partial charge in [0.15, 0.2) is 23.0 Å². The zero-order valence-electron chi connectivity index (χ0n) is 6.57. The third kappa shape index (κ3) is 2.10. The van der Waals surface area contributed by atoms with Crippen LogP contribution in [0.3, 0.4) is 0 Å². The van der Waals surface area contributed by atoms with Crippen molar-refractivity contribution in [3.8, 4) is 17.8 Å². The van der Waals surface area contributed by atoms with E-state index in [-0.39, 0.29) is 6.01 Å². The summed E-state index contributed by atoms with van der Waals surface area (Å²) in [5, 5.41) is 0. The first-order chi connectivity index (χ1) is 5.80. The molecule has 1 heterocycles. The highest BCUT2D eigenvalue weighted by Gasteiger charge is 2.04. The number of ether oxygens (including phenoxy) is 2. The standard InChI is InChI=1S/C6H7IN2O3/c1-10-4-3-5(11-2)9-6(8-4)12-7/h3H,1-2H3. The Hall–Kier alpha value is -0.790. The summed E-state index contributed by atoms with van der Waals surface area (Å²) in [6, 6.07) is 1.78. The van der Waals surface area contributed by atoms with Crippen molar-refractivity contribution in [3.63, 3.8) is 0 Å². The topological polar surface area (TPSA) is 53.5 Å². The predicted octanol–water partition coefficient (Wildman–Crippen LogP) is 1.22. The highest BCUT2D eigenvalue weighted by atomic mass is 127. The summed E-state index contributed by atoms with van der Waals surface area (Å²) in [4.78, 5) is 7.75. The molecule has 1 aromatic heterocycles. The molecular weight excluding hydrogens is 275 g/mol. The summed E-state index contributed by atoms with van der Waals surface area (Å²) in [6.45, 7) is 0. The molecule has 0 aliphatic carbocycles. The van der Waals surface area contributed by atoms with E-state index in [1.165, 1.54) is 14.2 Å². The maximum atomic E-state index is 4.88. The minimum absolute atomic E-state index is 0.215. The smallest absolute Gasteiger partial charge is 0.332 e. The highest BCUT2D eigenvalue weighted by molar-refractivity contribution is 14.1. The van der Waals surface area contributed by atoms with Gasteiger partial charge in [0.1, 0.15) is 0 Å². The lowest BCUT2D eigenvalue weighted by Crippen LogP contribution is -1.95. The molecule has 12 heavy (non-hydrogen) atoms. The molecule has 5 nitrogen and oxygen atoms in total. The van der Waals surface area contributed by atoms with E-state index < -0.39 is 0 Å². The normalized spacial score (nSPS) is 9.25. The van der Waals surface area contributed by atoms with Crippen LogP contribution in [0.4, 0.5) is 0 Å². The van der Waals surface area contributed by atoms with Crippen LogP contribution in [0, 0.1) is 0 Å². The van der Waals surface area contributed by atoms with Crippen LogP contribution in [0.2, 0.25) is 0 Å². The molecule has 0 saturated heterocycles. The number of methoxy groups -OCH3 is 2. The molecule has 1 aromatic rings. The molecule has 0 aromatic carbocycles. The van der Waals surface area contributed by atoms with E-state index in [4.69, 9.17) is 12.5 Å². The minimum atomic E-state index is 0.215. The molecule has 0 spiro atoms. The molecule has 0 atom stereocenters. The lowest BCUT2D eigenvalue weighted by atomic mass is 10.6. The summed E-state index contributed by atoms with van der Waals surface area (Å²) in [5.41, 5.74) is 0. The molecule has 0 unspecified atom stereocenters. The van der Waals surface area contributed by atoms with Gasteiger partial charge in [-0.05, 0) is 0 Å². The molecule has 0 saturated carbocycles. The molecule has 0 radical (unpaired) electrons. The minimum Gasteiger partial charge on any atom is -0.481 e. The van der Waals surface area contributed by atoms with Crippen LogP contribution in [-0.2, 0) is 0 Å². The van der Waals surface area contributed by atoms with Crippen molar-refractivity contribution < 1.29 is 12.5 Å². The van der Waals surface area contributed by atoms with Gasteiger partial charge in [-0.3, -0.25) is 0 Å². The second-order valence-electron chi connectivity index (χ2n) is 1.81. The number of halogens is 1. The van der Waals surface area contributed by atoms with E-state index in [0.29, 0.717) is 11.8 Å². The Balaban J connectivity index is 3.01. The molecule has 1 rings (SSSR count). The van der Waals surface area contributed by atoms with E-state index in [1.54, 1.807) is 29.1 Å². The summed E-state index contributed by atoms with van der Waals surface area (Å²) in [6.07, 6.45) is 0. The van der Waals surface area contributed by atoms with Crippen LogP contribution in [0.15, 0.2) is 6.07 Å². The van der Waals surface area contributed by atoms with Gasteiger partial charge in [0.25, 0.3) is 0 Å². The summed E-state index contributed by atoms with van der Waals surface area (Å²) < 4.78 is 14.6. The Morgan fingerprint density at radius 2 is 1.67 bits per heavy atom. The Labute approximate surface area is 83.8 Å². The van der Waals surface area contributed by atoms with Crippen molar-refractivity contribution in [2.45, 2.75) is 0 Å². The molecule has 0 aliphatic rings. The van der Waals surface area contributed by atoms with Crippen LogP contribution < -0.4 is 12.5 Å². The van der Waals surface area contributed by atoms with Crippen molar-refractivity contribution in [3.05, 3.63) is 6.07 Å². The summed E-state index contributed by atoms with van der Waals surface area (Å²) >= 11 is 1.68. The van der Waals surface area contributed by atoms with Crippen LogP contribution in [0.25, 0.3) is 0 Å². The predicted molar refractivity (Wildman–Crippen MR) is 49.8 cm³/mol. The van der Waals surface area contributed by atoms with E-state index in [2.05, 4.69) is 9.97 Å². The first-order valence-electron chi connectivity index (χ1n) is 3.05. The van der Waals surface area contributed by atoms with Crippen molar-refractivity contribution >= 4 is 23.0 Å². The van der Waals surface area contributed by atoms with Gasteiger partial charge in [0.2, 0.25) is 11.8 Å². The average Bonchev–Trinajstić information content (AvgIpc) is 2.16. The third-order valence-electron chi connectivity index (χ3n) is 1.15. The first-order valence-corrected chi connectivity index (χ1v) is 3.94. The molecule has 0 N–H and O–H groups in total. The molecule has 0 bridgehead atoms. The maximum absolute atomic E-state index is 4.88. The number of rotatable bonds is 3. The number of aromatic nitrogens is 2. The lowest BCUT2D eigenvalue weighted by Gasteiger charge is -2.02. The van der Waals surface area contributed by atoms with Crippen molar-refractivity contribution in [1.82, 2.24) is 9.97 Å². The first kappa shape index (κ1) is 9.30. The fraction of sp³-hybridized carbons (Fsp3) is 0.333. The quantitative estimate of drug-likeness (QED) is 0.780. The second-order valence-corrected chi connectivity index (χ2v) is 2.25. The van der Waals surface area contributed by atoms with Crippen LogP contribution in [0.5, 0.6) is 17.8 Å². The van der Waals surface area contributed by atoms with Crippen LogP contribution >= 0.6 is 23.0 Å². The summed E-state index contributed by atoms with van der Waals surface area (Å²) in [5.74, 6) is 0.821. The van der Waals surface area contributed by atoms with Gasteiger partial charge in [-0.25, -0.2) is 0 Å². The maximum Gasteiger partial charge on any atom is 0.332 e. The Bertz CT molecular complexity index is 214. The monoisotopic (exact) mass is 282 g/mol. The fourth-order valence-electron chi connectivity index (χ4n) is 0.627. The Kier molecular flexibility index (Phi) is 3.32. The van der Waals surface area contributed by atoms with E-state index in [9.17, 15) is 0 Å². The van der Waals surface area contributed by atoms with Gasteiger partial charge in [-0.2, -0.15) is 9.97 Å². The lowest BCUT2D eigenvalue weighted by molar-refractivity contribution is 0.364. The SMILES string of the molecule is COc1cc(OC)nc(OI)n1. The van der Waals surface area contributed by atoms with Gasteiger partial charge in [-0.1, -0.05) is 0 Å². The Morgan fingerprint density at radius 3 is 2.00 bits per heavy atom. The second kappa shape index (κ2) is 4.29. The fourth-order valence-corrected chi connectivity index (χ4v) is 0.824. The van der Waals surface area contributed by atoms with E-state index >= 15 is 0 Å².